The van der Waals surface area contributed by atoms with Crippen LogP contribution < -0.4 is 5.73 Å². The van der Waals surface area contributed by atoms with Gasteiger partial charge >= 0.3 is 0 Å². The molecule has 3 nitrogen and oxygen atoms in total. The predicted octanol–water partition coefficient (Wildman–Crippen LogP) is -0.478. The van der Waals surface area contributed by atoms with E-state index >= 15 is 0 Å². The molecule has 0 fully saturated rings. The Morgan fingerprint density at radius 2 is 2.50 bits per heavy atom. The normalized spacial score (nSPS) is 13.0. The molecule has 0 rings (SSSR count). The maximum Gasteiger partial charge on any atom is 0.0826 e. The van der Waals surface area contributed by atoms with Crippen LogP contribution in [0.5, 0.6) is 0 Å². The highest BCUT2D eigenvalue weighted by molar-refractivity contribution is 5.71. The standard InChI is InChI=1S/C5H10N2O/c1-7-3-2-5(6)4-8/h2-3,8H,4,6H2,1H3. The topological polar surface area (TPSA) is 58.6 Å². The summed E-state index contributed by atoms with van der Waals surface area (Å²) in [5.41, 5.74) is 5.61. The summed E-state index contributed by atoms with van der Waals surface area (Å²) in [6, 6.07) is 0. The molecule has 0 amide bonds. The van der Waals surface area contributed by atoms with Gasteiger partial charge in [-0.1, -0.05) is 0 Å². The van der Waals surface area contributed by atoms with Gasteiger partial charge in [-0.15, -0.1) is 0 Å². The molecule has 3 heteroatoms. The Labute approximate surface area is 48.5 Å². The zero-order valence-corrected chi connectivity index (χ0v) is 4.83. The van der Waals surface area contributed by atoms with Gasteiger partial charge < -0.3 is 10.8 Å². The third-order valence-electron chi connectivity index (χ3n) is 0.620. The first kappa shape index (κ1) is 7.17. The minimum absolute atomic E-state index is 0.105. The van der Waals surface area contributed by atoms with Crippen molar-refractivity contribution in [3.05, 3.63) is 11.8 Å². The van der Waals surface area contributed by atoms with Crippen molar-refractivity contribution in [2.24, 2.45) is 10.7 Å². The van der Waals surface area contributed by atoms with E-state index in [4.69, 9.17) is 10.8 Å². The fourth-order valence-electron chi connectivity index (χ4n) is 0.223. The van der Waals surface area contributed by atoms with Gasteiger partial charge in [-0.25, -0.2) is 0 Å². The molecule has 0 saturated carbocycles. The lowest BCUT2D eigenvalue weighted by molar-refractivity contribution is 0.330. The Balaban J connectivity index is 3.57. The van der Waals surface area contributed by atoms with E-state index in [1.807, 2.05) is 0 Å². The molecule has 0 radical (unpaired) electrons. The molecule has 0 saturated heterocycles. The molecule has 0 aliphatic heterocycles. The van der Waals surface area contributed by atoms with Crippen molar-refractivity contribution < 1.29 is 5.11 Å². The molecule has 0 heterocycles. The third-order valence-corrected chi connectivity index (χ3v) is 0.620. The summed E-state index contributed by atoms with van der Waals surface area (Å²) < 4.78 is 0. The lowest BCUT2D eigenvalue weighted by Gasteiger charge is -1.87. The summed E-state index contributed by atoms with van der Waals surface area (Å²) in [4.78, 5) is 3.63. The molecule has 0 unspecified atom stereocenters. The number of allylic oxidation sites excluding steroid dienone is 1. The highest BCUT2D eigenvalue weighted by atomic mass is 16.3. The van der Waals surface area contributed by atoms with Crippen molar-refractivity contribution in [3.63, 3.8) is 0 Å². The maximum absolute atomic E-state index is 8.31. The van der Waals surface area contributed by atoms with Gasteiger partial charge in [-0.3, -0.25) is 4.99 Å². The quantitative estimate of drug-likeness (QED) is 0.476. The number of aliphatic imine (C=N–C) groups is 1. The van der Waals surface area contributed by atoms with Crippen LogP contribution in [-0.2, 0) is 0 Å². The van der Waals surface area contributed by atoms with Crippen LogP contribution in [0.15, 0.2) is 16.8 Å². The van der Waals surface area contributed by atoms with Crippen molar-refractivity contribution in [1.29, 1.82) is 0 Å². The molecule has 0 aromatic heterocycles. The van der Waals surface area contributed by atoms with E-state index in [1.165, 1.54) is 6.21 Å². The lowest BCUT2D eigenvalue weighted by Crippen LogP contribution is -2.01. The molecule has 0 aromatic rings. The van der Waals surface area contributed by atoms with E-state index in [0.717, 1.165) is 0 Å². The number of nitrogens with zero attached hydrogens (tertiary/aromatic N) is 1. The van der Waals surface area contributed by atoms with Gasteiger partial charge in [0.15, 0.2) is 0 Å². The average Bonchev–Trinajstić information content (AvgIpc) is 1.83. The van der Waals surface area contributed by atoms with E-state index in [2.05, 4.69) is 4.99 Å². The Hall–Kier alpha value is -0.830. The van der Waals surface area contributed by atoms with Crippen LogP contribution in [0.2, 0.25) is 0 Å². The van der Waals surface area contributed by atoms with Crippen molar-refractivity contribution in [2.75, 3.05) is 13.7 Å². The highest BCUT2D eigenvalue weighted by Crippen LogP contribution is 1.74. The summed E-state index contributed by atoms with van der Waals surface area (Å²) in [7, 11) is 1.64. The first-order chi connectivity index (χ1) is 3.81. The van der Waals surface area contributed by atoms with Crippen molar-refractivity contribution in [1.82, 2.24) is 0 Å². The first-order valence-electron chi connectivity index (χ1n) is 2.29. The van der Waals surface area contributed by atoms with Crippen LogP contribution in [0.1, 0.15) is 0 Å². The van der Waals surface area contributed by atoms with Crippen LogP contribution >= 0.6 is 0 Å². The molecule has 0 bridgehead atoms. The van der Waals surface area contributed by atoms with Gasteiger partial charge in [0.2, 0.25) is 0 Å². The fraction of sp³-hybridized carbons (Fsp3) is 0.400. The molecule has 0 atom stereocenters. The van der Waals surface area contributed by atoms with Gasteiger partial charge in [0.05, 0.1) is 6.61 Å². The summed E-state index contributed by atoms with van der Waals surface area (Å²) in [6.07, 6.45) is 3.09. The molecule has 46 valence electrons. The Morgan fingerprint density at radius 1 is 1.88 bits per heavy atom. The summed E-state index contributed by atoms with van der Waals surface area (Å²) in [5.74, 6) is 0. The first-order valence-corrected chi connectivity index (χ1v) is 2.29. The zero-order valence-electron chi connectivity index (χ0n) is 4.83. The summed E-state index contributed by atoms with van der Waals surface area (Å²) in [5, 5.41) is 8.31. The Bertz CT molecular complexity index is 107. The Kier molecular flexibility index (Phi) is 3.88. The van der Waals surface area contributed by atoms with E-state index in [1.54, 1.807) is 13.1 Å². The molecule has 3 N–H and O–H groups in total. The lowest BCUT2D eigenvalue weighted by atomic mass is 10.4. The van der Waals surface area contributed by atoms with Crippen molar-refractivity contribution >= 4 is 6.21 Å². The second kappa shape index (κ2) is 4.33. The van der Waals surface area contributed by atoms with Crippen LogP contribution in [0, 0.1) is 0 Å². The summed E-state index contributed by atoms with van der Waals surface area (Å²) >= 11 is 0. The summed E-state index contributed by atoms with van der Waals surface area (Å²) in [6.45, 7) is -0.105. The number of nitrogens with two attached hydrogens (primary N) is 1. The number of aliphatic hydroxyl groups excluding tert-OH is 1. The zero-order chi connectivity index (χ0) is 6.41. The number of hydrogen-bond acceptors (Lipinski definition) is 3. The second-order valence-corrected chi connectivity index (χ2v) is 1.31. The molecular formula is C5H10N2O. The van der Waals surface area contributed by atoms with Gasteiger partial charge in [0.25, 0.3) is 0 Å². The van der Waals surface area contributed by atoms with Crippen LogP contribution in [0.25, 0.3) is 0 Å². The SMILES string of the molecule is CN=CC=C(N)CO. The van der Waals surface area contributed by atoms with Crippen LogP contribution in [0.3, 0.4) is 0 Å². The van der Waals surface area contributed by atoms with Gasteiger partial charge in [-0.05, 0) is 6.08 Å². The minimum atomic E-state index is -0.105. The Morgan fingerprint density at radius 3 is 2.88 bits per heavy atom. The molecule has 8 heavy (non-hydrogen) atoms. The molecule has 0 aliphatic rings. The molecular weight excluding hydrogens is 104 g/mol. The third kappa shape index (κ3) is 3.36. The second-order valence-electron chi connectivity index (χ2n) is 1.31. The van der Waals surface area contributed by atoms with Crippen LogP contribution in [-0.4, -0.2) is 25.0 Å². The maximum atomic E-state index is 8.31. The number of aliphatic hydroxyl groups is 1. The smallest absolute Gasteiger partial charge is 0.0826 e. The number of rotatable bonds is 2. The minimum Gasteiger partial charge on any atom is -0.400 e. The molecule has 0 aliphatic carbocycles. The van der Waals surface area contributed by atoms with Crippen LogP contribution in [0.4, 0.5) is 0 Å². The van der Waals surface area contributed by atoms with Gasteiger partial charge in [-0.2, -0.15) is 0 Å². The van der Waals surface area contributed by atoms with E-state index < -0.39 is 0 Å². The van der Waals surface area contributed by atoms with E-state index in [9.17, 15) is 0 Å². The number of hydrogen-bond donors (Lipinski definition) is 2. The predicted molar refractivity (Wildman–Crippen MR) is 33.8 cm³/mol. The van der Waals surface area contributed by atoms with Gasteiger partial charge in [0.1, 0.15) is 0 Å². The highest BCUT2D eigenvalue weighted by Gasteiger charge is 1.77. The van der Waals surface area contributed by atoms with E-state index in [-0.39, 0.29) is 6.61 Å². The molecule has 0 spiro atoms. The molecule has 0 aromatic carbocycles. The largest absolute Gasteiger partial charge is 0.400 e. The van der Waals surface area contributed by atoms with Gasteiger partial charge in [0, 0.05) is 19.0 Å². The van der Waals surface area contributed by atoms with E-state index in [0.29, 0.717) is 5.70 Å². The average molecular weight is 114 g/mol. The van der Waals surface area contributed by atoms with Crippen molar-refractivity contribution in [2.45, 2.75) is 0 Å². The fourth-order valence-corrected chi connectivity index (χ4v) is 0.223. The monoisotopic (exact) mass is 114 g/mol. The van der Waals surface area contributed by atoms with Crippen molar-refractivity contribution in [3.8, 4) is 0 Å².